The minimum Gasteiger partial charge on any atom is -0.494 e. The normalized spacial score (nSPS) is 11.5. The van der Waals surface area contributed by atoms with Crippen LogP contribution in [0.4, 0.5) is 5.95 Å². The number of hydrogen-bond acceptors (Lipinski definition) is 7. The van der Waals surface area contributed by atoms with E-state index in [-0.39, 0.29) is 4.75 Å². The first-order valence-electron chi connectivity index (χ1n) is 8.45. The van der Waals surface area contributed by atoms with E-state index in [0.717, 1.165) is 0 Å². The highest BCUT2D eigenvalue weighted by atomic mass is 32.2. The van der Waals surface area contributed by atoms with Gasteiger partial charge in [0.2, 0.25) is 5.95 Å². The highest BCUT2D eigenvalue weighted by Gasteiger charge is 2.24. The molecule has 144 valence electrons. The molecule has 1 aromatic carbocycles. The Labute approximate surface area is 163 Å². The van der Waals surface area contributed by atoms with Crippen LogP contribution in [0.15, 0.2) is 30.5 Å². The molecule has 2 heterocycles. The third-order valence-corrected chi connectivity index (χ3v) is 4.58. The first-order valence-corrected chi connectivity index (χ1v) is 9.26. The van der Waals surface area contributed by atoms with Gasteiger partial charge in [-0.1, -0.05) is 6.07 Å². The second-order valence-electron chi connectivity index (χ2n) is 6.88. The molecule has 0 aliphatic rings. The standard InChI is InChI=1S/C18H24N6O2S/c1-18(2,3)27-22-17-20-19-16(12-10-11-23(4)21-12)24(17)15-13(25-5)8-7-9-14(15)26-6/h7-11H,1-6H3,(H,20,22). The number of methoxy groups -OCH3 is 2. The highest BCUT2D eigenvalue weighted by molar-refractivity contribution is 8.01. The van der Waals surface area contributed by atoms with Crippen LogP contribution >= 0.6 is 11.9 Å². The van der Waals surface area contributed by atoms with Crippen LogP contribution in [-0.2, 0) is 7.05 Å². The van der Waals surface area contributed by atoms with Crippen molar-refractivity contribution in [2.75, 3.05) is 18.9 Å². The summed E-state index contributed by atoms with van der Waals surface area (Å²) >= 11 is 1.56. The number of rotatable bonds is 6. The van der Waals surface area contributed by atoms with Crippen LogP contribution in [-0.4, -0.2) is 43.5 Å². The monoisotopic (exact) mass is 388 g/mol. The minimum absolute atomic E-state index is 0.00714. The van der Waals surface area contributed by atoms with Crippen molar-refractivity contribution >= 4 is 17.9 Å². The van der Waals surface area contributed by atoms with Gasteiger partial charge >= 0.3 is 0 Å². The topological polar surface area (TPSA) is 79.0 Å². The van der Waals surface area contributed by atoms with Crippen LogP contribution in [0.1, 0.15) is 20.8 Å². The van der Waals surface area contributed by atoms with E-state index in [4.69, 9.17) is 9.47 Å². The Bertz CT molecular complexity index is 906. The number of hydrogen-bond donors (Lipinski definition) is 1. The molecular formula is C18H24N6O2S. The zero-order valence-corrected chi connectivity index (χ0v) is 17.2. The van der Waals surface area contributed by atoms with Crippen LogP contribution < -0.4 is 14.2 Å². The average molecular weight is 388 g/mol. The number of ether oxygens (including phenoxy) is 2. The summed E-state index contributed by atoms with van der Waals surface area (Å²) in [6, 6.07) is 7.52. The van der Waals surface area contributed by atoms with E-state index in [1.54, 1.807) is 30.8 Å². The van der Waals surface area contributed by atoms with Crippen LogP contribution in [0.2, 0.25) is 0 Å². The maximum absolute atomic E-state index is 5.59. The molecule has 0 unspecified atom stereocenters. The molecule has 0 amide bonds. The molecule has 0 spiro atoms. The van der Waals surface area contributed by atoms with E-state index in [1.165, 1.54) is 0 Å². The van der Waals surface area contributed by atoms with Crippen LogP contribution in [0.3, 0.4) is 0 Å². The van der Waals surface area contributed by atoms with Gasteiger partial charge in [-0.2, -0.15) is 5.10 Å². The van der Waals surface area contributed by atoms with E-state index in [1.807, 2.05) is 42.1 Å². The van der Waals surface area contributed by atoms with Gasteiger partial charge in [-0.15, -0.1) is 10.2 Å². The van der Waals surface area contributed by atoms with Gasteiger partial charge in [-0.05, 0) is 50.9 Å². The van der Waals surface area contributed by atoms with E-state index in [9.17, 15) is 0 Å². The van der Waals surface area contributed by atoms with Crippen LogP contribution in [0, 0.1) is 0 Å². The van der Waals surface area contributed by atoms with Crippen molar-refractivity contribution in [2.45, 2.75) is 25.5 Å². The predicted octanol–water partition coefficient (Wildman–Crippen LogP) is 3.54. The lowest BCUT2D eigenvalue weighted by atomic mass is 10.2. The van der Waals surface area contributed by atoms with Gasteiger partial charge < -0.3 is 9.47 Å². The fourth-order valence-electron chi connectivity index (χ4n) is 2.51. The maximum atomic E-state index is 5.59. The van der Waals surface area contributed by atoms with E-state index in [0.29, 0.717) is 34.7 Å². The van der Waals surface area contributed by atoms with Gasteiger partial charge in [-0.25, -0.2) is 0 Å². The number of aromatic nitrogens is 5. The predicted molar refractivity (Wildman–Crippen MR) is 108 cm³/mol. The molecule has 1 N–H and O–H groups in total. The highest BCUT2D eigenvalue weighted by Crippen LogP contribution is 2.38. The molecule has 0 fully saturated rings. The molecule has 2 aromatic heterocycles. The van der Waals surface area contributed by atoms with Crippen LogP contribution in [0.5, 0.6) is 11.5 Å². The van der Waals surface area contributed by atoms with Crippen molar-refractivity contribution in [3.63, 3.8) is 0 Å². The summed E-state index contributed by atoms with van der Waals surface area (Å²) in [5.74, 6) is 2.46. The second kappa shape index (κ2) is 7.51. The van der Waals surface area contributed by atoms with Gasteiger partial charge in [0.25, 0.3) is 0 Å². The molecule has 0 saturated carbocycles. The number of nitrogens with zero attached hydrogens (tertiary/aromatic N) is 5. The molecule has 0 saturated heterocycles. The number of benzene rings is 1. The molecule has 27 heavy (non-hydrogen) atoms. The SMILES string of the molecule is COc1cccc(OC)c1-n1c(NSC(C)(C)C)nnc1-c1ccn(C)n1. The quantitative estimate of drug-likeness (QED) is 0.647. The lowest BCUT2D eigenvalue weighted by Crippen LogP contribution is -2.13. The number of para-hydroxylation sites is 1. The molecule has 3 rings (SSSR count). The minimum atomic E-state index is -0.00714. The van der Waals surface area contributed by atoms with E-state index in [2.05, 4.69) is 40.8 Å². The number of anilines is 1. The fourth-order valence-corrected chi connectivity index (χ4v) is 3.04. The molecule has 9 heteroatoms. The van der Waals surface area contributed by atoms with E-state index >= 15 is 0 Å². The summed E-state index contributed by atoms with van der Waals surface area (Å²) < 4.78 is 18.1. The summed E-state index contributed by atoms with van der Waals surface area (Å²) in [5.41, 5.74) is 1.41. The molecule has 0 bridgehead atoms. The van der Waals surface area contributed by atoms with Crippen molar-refractivity contribution < 1.29 is 9.47 Å². The average Bonchev–Trinajstić information content (AvgIpc) is 3.24. The Morgan fingerprint density at radius 3 is 2.22 bits per heavy atom. The van der Waals surface area contributed by atoms with Crippen molar-refractivity contribution in [3.05, 3.63) is 30.5 Å². The number of nitrogens with one attached hydrogen (secondary N) is 1. The molecule has 3 aromatic rings. The first kappa shape index (κ1) is 19.1. The molecule has 0 aliphatic carbocycles. The van der Waals surface area contributed by atoms with Crippen LogP contribution in [0.25, 0.3) is 17.2 Å². The van der Waals surface area contributed by atoms with Gasteiger partial charge in [0.1, 0.15) is 22.9 Å². The third-order valence-electron chi connectivity index (χ3n) is 3.68. The largest absolute Gasteiger partial charge is 0.494 e. The van der Waals surface area contributed by atoms with Crippen molar-refractivity contribution in [1.29, 1.82) is 0 Å². The fraction of sp³-hybridized carbons (Fsp3) is 0.389. The summed E-state index contributed by atoms with van der Waals surface area (Å²) in [5, 5.41) is 13.2. The smallest absolute Gasteiger partial charge is 0.239 e. The first-order chi connectivity index (χ1) is 12.8. The van der Waals surface area contributed by atoms with Gasteiger partial charge in [0.05, 0.1) is 14.2 Å². The zero-order chi connectivity index (χ0) is 19.6. The second-order valence-corrected chi connectivity index (χ2v) is 8.52. The van der Waals surface area contributed by atoms with Crippen molar-refractivity contribution in [1.82, 2.24) is 24.5 Å². The van der Waals surface area contributed by atoms with Crippen molar-refractivity contribution in [3.8, 4) is 28.7 Å². The Morgan fingerprint density at radius 1 is 1.04 bits per heavy atom. The Balaban J connectivity index is 2.21. The van der Waals surface area contributed by atoms with Gasteiger partial charge in [0.15, 0.2) is 5.82 Å². The Hall–Kier alpha value is -2.68. The summed E-state index contributed by atoms with van der Waals surface area (Å²) in [4.78, 5) is 0. The maximum Gasteiger partial charge on any atom is 0.239 e. The lowest BCUT2D eigenvalue weighted by molar-refractivity contribution is 0.391. The molecule has 0 radical (unpaired) electrons. The molecular weight excluding hydrogens is 364 g/mol. The lowest BCUT2D eigenvalue weighted by Gasteiger charge is -2.20. The summed E-state index contributed by atoms with van der Waals surface area (Å²) in [6.07, 6.45) is 1.87. The van der Waals surface area contributed by atoms with Crippen molar-refractivity contribution in [2.24, 2.45) is 7.05 Å². The Morgan fingerprint density at radius 2 is 1.70 bits per heavy atom. The molecule has 8 nitrogen and oxygen atoms in total. The van der Waals surface area contributed by atoms with E-state index < -0.39 is 0 Å². The summed E-state index contributed by atoms with van der Waals surface area (Å²) in [7, 11) is 5.11. The molecule has 0 aliphatic heterocycles. The summed E-state index contributed by atoms with van der Waals surface area (Å²) in [6.45, 7) is 6.36. The molecule has 0 atom stereocenters. The number of aryl methyl sites for hydroxylation is 1. The third kappa shape index (κ3) is 4.02. The van der Waals surface area contributed by atoms with Gasteiger partial charge in [-0.3, -0.25) is 14.0 Å². The Kier molecular flexibility index (Phi) is 5.31. The van der Waals surface area contributed by atoms with Gasteiger partial charge in [0, 0.05) is 18.0 Å². The zero-order valence-electron chi connectivity index (χ0n) is 16.3.